The van der Waals surface area contributed by atoms with Gasteiger partial charge in [0.1, 0.15) is 0 Å². The third kappa shape index (κ3) is 3.81. The second-order valence-corrected chi connectivity index (χ2v) is 5.52. The number of carbonyl (C=O) groups is 1. The summed E-state index contributed by atoms with van der Waals surface area (Å²) in [5.41, 5.74) is 4.74. The van der Waals surface area contributed by atoms with Crippen molar-refractivity contribution in [2.24, 2.45) is 11.1 Å². The van der Waals surface area contributed by atoms with Crippen LogP contribution in [0.4, 0.5) is 0 Å². The van der Waals surface area contributed by atoms with Crippen molar-refractivity contribution < 1.29 is 4.79 Å². The van der Waals surface area contributed by atoms with Crippen molar-refractivity contribution in [2.45, 2.75) is 20.4 Å². The summed E-state index contributed by atoms with van der Waals surface area (Å²) in [7, 11) is 0. The Morgan fingerprint density at radius 3 is 2.80 bits per heavy atom. The summed E-state index contributed by atoms with van der Waals surface area (Å²) in [5, 5.41) is 5.83. The summed E-state index contributed by atoms with van der Waals surface area (Å²) < 4.78 is 0. The van der Waals surface area contributed by atoms with Gasteiger partial charge in [0.05, 0.1) is 10.4 Å². The highest BCUT2D eigenvalue weighted by atomic mass is 35.5. The minimum atomic E-state index is -0.513. The molecule has 1 amide bonds. The summed E-state index contributed by atoms with van der Waals surface area (Å²) in [6.45, 7) is 4.93. The minimum Gasteiger partial charge on any atom is -0.369 e. The van der Waals surface area contributed by atoms with Crippen LogP contribution in [0.25, 0.3) is 0 Å². The molecular weight excluding hydrogens is 232 g/mol. The van der Waals surface area contributed by atoms with Crippen LogP contribution in [-0.2, 0) is 11.3 Å². The van der Waals surface area contributed by atoms with Gasteiger partial charge in [0.2, 0.25) is 5.91 Å². The summed E-state index contributed by atoms with van der Waals surface area (Å²) in [6, 6.07) is 1.91. The lowest BCUT2D eigenvalue weighted by molar-refractivity contribution is -0.125. The van der Waals surface area contributed by atoms with E-state index in [0.717, 1.165) is 9.90 Å². The van der Waals surface area contributed by atoms with Crippen LogP contribution in [0.1, 0.15) is 18.7 Å². The average molecular weight is 247 g/mol. The predicted molar refractivity (Wildman–Crippen MR) is 64.0 cm³/mol. The summed E-state index contributed by atoms with van der Waals surface area (Å²) in [6.07, 6.45) is 0. The zero-order chi connectivity index (χ0) is 11.5. The maximum Gasteiger partial charge on any atom is 0.224 e. The van der Waals surface area contributed by atoms with Gasteiger partial charge in [0.25, 0.3) is 0 Å². The first-order valence-electron chi connectivity index (χ1n) is 4.65. The number of rotatable bonds is 5. The topological polar surface area (TPSA) is 55.1 Å². The van der Waals surface area contributed by atoms with Gasteiger partial charge in [0.15, 0.2) is 0 Å². The summed E-state index contributed by atoms with van der Waals surface area (Å²) in [5.74, 6) is -0.292. The van der Waals surface area contributed by atoms with Crippen LogP contribution in [-0.4, -0.2) is 12.5 Å². The third-order valence-corrected chi connectivity index (χ3v) is 3.44. The fraction of sp³-hybridized carbons (Fsp3) is 0.500. The van der Waals surface area contributed by atoms with Crippen LogP contribution < -0.4 is 11.1 Å². The number of nitrogens with one attached hydrogen (secondary N) is 1. The van der Waals surface area contributed by atoms with E-state index in [2.05, 4.69) is 5.32 Å². The molecule has 5 heteroatoms. The van der Waals surface area contributed by atoms with Crippen LogP contribution in [0.15, 0.2) is 11.4 Å². The van der Waals surface area contributed by atoms with E-state index in [1.54, 1.807) is 11.3 Å². The Hall–Kier alpha value is -0.580. The molecule has 0 radical (unpaired) electrons. The molecule has 1 aromatic rings. The van der Waals surface area contributed by atoms with E-state index in [1.165, 1.54) is 0 Å². The van der Waals surface area contributed by atoms with E-state index in [-0.39, 0.29) is 5.91 Å². The van der Waals surface area contributed by atoms with E-state index >= 15 is 0 Å². The lowest BCUT2D eigenvalue weighted by atomic mass is 9.93. The SMILES string of the molecule is CC(C)(CNCc1cc(Cl)cs1)C(N)=O. The molecule has 0 aromatic carbocycles. The van der Waals surface area contributed by atoms with Gasteiger partial charge in [-0.1, -0.05) is 11.6 Å². The smallest absolute Gasteiger partial charge is 0.224 e. The predicted octanol–water partition coefficient (Wildman–Crippen LogP) is 2.00. The summed E-state index contributed by atoms with van der Waals surface area (Å²) in [4.78, 5) is 12.2. The molecule has 1 rings (SSSR count). The van der Waals surface area contributed by atoms with Crippen molar-refractivity contribution in [3.8, 4) is 0 Å². The van der Waals surface area contributed by atoms with Crippen molar-refractivity contribution >= 4 is 28.8 Å². The quantitative estimate of drug-likeness (QED) is 0.835. The highest BCUT2D eigenvalue weighted by Crippen LogP contribution is 2.19. The molecule has 0 aliphatic rings. The number of primary amides is 1. The van der Waals surface area contributed by atoms with Crippen LogP contribution in [0.5, 0.6) is 0 Å². The van der Waals surface area contributed by atoms with Crippen molar-refractivity contribution in [2.75, 3.05) is 6.54 Å². The van der Waals surface area contributed by atoms with E-state index in [1.807, 2.05) is 25.3 Å². The zero-order valence-corrected chi connectivity index (χ0v) is 10.4. The molecule has 0 unspecified atom stereocenters. The lowest BCUT2D eigenvalue weighted by Crippen LogP contribution is -2.40. The first-order chi connectivity index (χ1) is 6.92. The molecular formula is C10H15ClN2OS. The Labute approximate surface area is 98.6 Å². The second-order valence-electron chi connectivity index (χ2n) is 4.08. The highest BCUT2D eigenvalue weighted by molar-refractivity contribution is 7.10. The number of hydrogen-bond acceptors (Lipinski definition) is 3. The maximum absolute atomic E-state index is 11.0. The largest absolute Gasteiger partial charge is 0.369 e. The fourth-order valence-corrected chi connectivity index (χ4v) is 2.07. The van der Waals surface area contributed by atoms with Crippen molar-refractivity contribution in [3.05, 3.63) is 21.3 Å². The van der Waals surface area contributed by atoms with Crippen molar-refractivity contribution in [1.82, 2.24) is 5.32 Å². The number of amides is 1. The first kappa shape index (κ1) is 12.5. The van der Waals surface area contributed by atoms with E-state index in [0.29, 0.717) is 13.1 Å². The molecule has 15 heavy (non-hydrogen) atoms. The Morgan fingerprint density at radius 1 is 1.67 bits per heavy atom. The number of halogens is 1. The summed E-state index contributed by atoms with van der Waals surface area (Å²) >= 11 is 7.39. The molecule has 0 fully saturated rings. The van der Waals surface area contributed by atoms with E-state index < -0.39 is 5.41 Å². The van der Waals surface area contributed by atoms with Crippen LogP contribution in [0.2, 0.25) is 5.02 Å². The molecule has 3 nitrogen and oxygen atoms in total. The number of hydrogen-bond donors (Lipinski definition) is 2. The number of nitrogens with two attached hydrogens (primary N) is 1. The van der Waals surface area contributed by atoms with Crippen LogP contribution in [0.3, 0.4) is 0 Å². The molecule has 3 N–H and O–H groups in total. The molecule has 84 valence electrons. The van der Waals surface area contributed by atoms with Gasteiger partial charge in [-0.2, -0.15) is 0 Å². The Morgan fingerprint density at radius 2 is 2.33 bits per heavy atom. The van der Waals surface area contributed by atoms with E-state index in [4.69, 9.17) is 17.3 Å². The zero-order valence-electron chi connectivity index (χ0n) is 8.84. The molecule has 0 aliphatic heterocycles. The monoisotopic (exact) mass is 246 g/mol. The van der Waals surface area contributed by atoms with Gasteiger partial charge < -0.3 is 11.1 Å². The molecule has 0 bridgehead atoms. The minimum absolute atomic E-state index is 0.292. The van der Waals surface area contributed by atoms with Crippen LogP contribution in [0, 0.1) is 5.41 Å². The molecule has 1 aromatic heterocycles. The highest BCUT2D eigenvalue weighted by Gasteiger charge is 2.23. The Kier molecular flexibility index (Phi) is 4.13. The third-order valence-electron chi connectivity index (χ3n) is 2.15. The van der Waals surface area contributed by atoms with Gasteiger partial charge in [-0.3, -0.25) is 4.79 Å². The molecule has 0 aliphatic carbocycles. The average Bonchev–Trinajstić information content (AvgIpc) is 2.51. The molecule has 0 saturated carbocycles. The molecule has 0 saturated heterocycles. The molecule has 1 heterocycles. The molecule has 0 atom stereocenters. The lowest BCUT2D eigenvalue weighted by Gasteiger charge is -2.20. The Bertz CT molecular complexity index is 349. The fourth-order valence-electron chi connectivity index (χ4n) is 1.03. The second kappa shape index (κ2) is 4.96. The Balaban J connectivity index is 2.36. The van der Waals surface area contributed by atoms with Crippen molar-refractivity contribution in [1.29, 1.82) is 0 Å². The maximum atomic E-state index is 11.0. The van der Waals surface area contributed by atoms with Gasteiger partial charge >= 0.3 is 0 Å². The van der Waals surface area contributed by atoms with Gasteiger partial charge in [-0.15, -0.1) is 11.3 Å². The molecule has 0 spiro atoms. The van der Waals surface area contributed by atoms with Gasteiger partial charge in [-0.05, 0) is 19.9 Å². The number of thiophene rings is 1. The van der Waals surface area contributed by atoms with E-state index in [9.17, 15) is 4.79 Å². The van der Waals surface area contributed by atoms with Gasteiger partial charge in [-0.25, -0.2) is 0 Å². The first-order valence-corrected chi connectivity index (χ1v) is 5.91. The standard InChI is InChI=1S/C10H15ClN2OS/c1-10(2,9(12)14)6-13-4-8-3-7(11)5-15-8/h3,5,13H,4,6H2,1-2H3,(H2,12,14). The number of carbonyl (C=O) groups excluding carboxylic acids is 1. The normalized spacial score (nSPS) is 11.7. The van der Waals surface area contributed by atoms with Crippen molar-refractivity contribution in [3.63, 3.8) is 0 Å². The van der Waals surface area contributed by atoms with Crippen LogP contribution >= 0.6 is 22.9 Å². The van der Waals surface area contributed by atoms with Gasteiger partial charge in [0, 0.05) is 23.3 Å².